The van der Waals surface area contributed by atoms with E-state index in [2.05, 4.69) is 58.5 Å². The van der Waals surface area contributed by atoms with Crippen LogP contribution in [0, 0.1) is 0 Å². The monoisotopic (exact) mass is 373 g/mol. The molecule has 6 nitrogen and oxygen atoms in total. The Labute approximate surface area is 159 Å². The number of rotatable bonds is 8. The van der Waals surface area contributed by atoms with Crippen LogP contribution in [0.4, 0.5) is 0 Å². The van der Waals surface area contributed by atoms with Gasteiger partial charge in [-0.25, -0.2) is 0 Å². The fourth-order valence-corrected chi connectivity index (χ4v) is 4.14. The molecule has 1 fully saturated rings. The van der Waals surface area contributed by atoms with Gasteiger partial charge in [-0.2, -0.15) is 0 Å². The largest absolute Gasteiger partial charge is 0.353 e. The van der Waals surface area contributed by atoms with Crippen molar-refractivity contribution < 1.29 is 4.79 Å². The van der Waals surface area contributed by atoms with E-state index in [9.17, 15) is 4.79 Å². The smallest absolute Gasteiger partial charge is 0.230 e. The molecule has 1 atom stereocenters. The summed E-state index contributed by atoms with van der Waals surface area (Å²) in [4.78, 5) is 14.8. The molecule has 1 aliphatic heterocycles. The highest BCUT2D eigenvalue weighted by atomic mass is 32.2. The molecule has 0 radical (unpaired) electrons. The minimum absolute atomic E-state index is 0.0356. The van der Waals surface area contributed by atoms with Crippen LogP contribution in [0.15, 0.2) is 41.8 Å². The molecule has 3 rings (SSSR count). The van der Waals surface area contributed by atoms with Crippen LogP contribution < -0.4 is 5.32 Å². The first-order valence-corrected chi connectivity index (χ1v) is 10.2. The van der Waals surface area contributed by atoms with Crippen LogP contribution in [-0.2, 0) is 4.79 Å². The van der Waals surface area contributed by atoms with Gasteiger partial charge in [0.2, 0.25) is 5.91 Å². The number of carbonyl (C=O) groups is 1. The summed E-state index contributed by atoms with van der Waals surface area (Å²) < 4.78 is 1.98. The molecule has 7 heteroatoms. The van der Waals surface area contributed by atoms with E-state index in [-0.39, 0.29) is 18.0 Å². The molecule has 0 spiro atoms. The molecular formula is C19H27N5OS. The zero-order valence-electron chi connectivity index (χ0n) is 15.5. The second-order valence-corrected chi connectivity index (χ2v) is 7.82. The molecule has 1 amide bonds. The zero-order valence-corrected chi connectivity index (χ0v) is 16.3. The number of aromatic nitrogens is 3. The number of nitrogens with zero attached hydrogens (tertiary/aromatic N) is 4. The number of nitrogens with one attached hydrogen (secondary N) is 1. The van der Waals surface area contributed by atoms with Gasteiger partial charge in [-0.3, -0.25) is 9.69 Å². The summed E-state index contributed by atoms with van der Waals surface area (Å²) in [5.74, 6) is 0.390. The summed E-state index contributed by atoms with van der Waals surface area (Å²) in [6, 6.07) is 11.0. The van der Waals surface area contributed by atoms with Gasteiger partial charge in [0, 0.05) is 12.6 Å². The quantitative estimate of drug-likeness (QED) is 0.721. The molecular weight excluding hydrogens is 346 g/mol. The predicted molar refractivity (Wildman–Crippen MR) is 104 cm³/mol. The van der Waals surface area contributed by atoms with Crippen molar-refractivity contribution in [2.45, 2.75) is 43.9 Å². The Morgan fingerprint density at radius 2 is 1.96 bits per heavy atom. The lowest BCUT2D eigenvalue weighted by atomic mass is 10.1. The van der Waals surface area contributed by atoms with Crippen LogP contribution in [0.5, 0.6) is 0 Å². The van der Waals surface area contributed by atoms with E-state index in [0.29, 0.717) is 12.3 Å². The van der Waals surface area contributed by atoms with Crippen molar-refractivity contribution in [2.75, 3.05) is 25.4 Å². The molecule has 140 valence electrons. The van der Waals surface area contributed by atoms with Crippen LogP contribution in [0.3, 0.4) is 0 Å². The lowest BCUT2D eigenvalue weighted by Gasteiger charge is -2.28. The molecule has 26 heavy (non-hydrogen) atoms. The van der Waals surface area contributed by atoms with Gasteiger partial charge in [-0.05, 0) is 45.3 Å². The Bertz CT molecular complexity index is 697. The molecule has 2 aromatic rings. The molecule has 2 heterocycles. The maximum atomic E-state index is 12.4. The highest BCUT2D eigenvalue weighted by Gasteiger charge is 2.23. The van der Waals surface area contributed by atoms with Gasteiger partial charge in [0.15, 0.2) is 5.16 Å². The van der Waals surface area contributed by atoms with Crippen molar-refractivity contribution in [2.24, 2.45) is 0 Å². The Hall–Kier alpha value is -1.86. The van der Waals surface area contributed by atoms with Crippen molar-refractivity contribution in [1.29, 1.82) is 0 Å². The third-order valence-corrected chi connectivity index (χ3v) is 5.64. The molecule has 1 aromatic heterocycles. The van der Waals surface area contributed by atoms with E-state index < -0.39 is 0 Å². The van der Waals surface area contributed by atoms with Gasteiger partial charge in [-0.1, -0.05) is 42.1 Å². The molecule has 0 bridgehead atoms. The number of thioether (sulfide) groups is 1. The van der Waals surface area contributed by atoms with E-state index >= 15 is 0 Å². The average Bonchev–Trinajstić information content (AvgIpc) is 3.33. The summed E-state index contributed by atoms with van der Waals surface area (Å²) in [6.07, 6.45) is 4.18. The Balaban J connectivity index is 1.55. The molecule has 1 saturated heterocycles. The first-order chi connectivity index (χ1) is 12.6. The van der Waals surface area contributed by atoms with Crippen LogP contribution >= 0.6 is 11.8 Å². The summed E-state index contributed by atoms with van der Waals surface area (Å²) in [5, 5.41) is 11.9. The number of amides is 1. The fourth-order valence-electron chi connectivity index (χ4n) is 3.27. The highest BCUT2D eigenvalue weighted by Crippen LogP contribution is 2.24. The lowest BCUT2D eigenvalue weighted by Crippen LogP contribution is -2.37. The van der Waals surface area contributed by atoms with E-state index in [1.54, 1.807) is 6.33 Å². The highest BCUT2D eigenvalue weighted by molar-refractivity contribution is 7.99. The zero-order chi connectivity index (χ0) is 18.4. The van der Waals surface area contributed by atoms with Gasteiger partial charge in [0.05, 0.1) is 11.8 Å². The SMILES string of the molecule is CC(C)n1cnnc1SCC(=O)NC[C@@H](c1ccccc1)N1CCCC1. The normalized spacial score (nSPS) is 16.1. The number of carbonyl (C=O) groups excluding carboxylic acids is 1. The second-order valence-electron chi connectivity index (χ2n) is 6.88. The van der Waals surface area contributed by atoms with E-state index in [1.165, 1.54) is 30.2 Å². The molecule has 1 N–H and O–H groups in total. The maximum absolute atomic E-state index is 12.4. The Morgan fingerprint density at radius 3 is 2.65 bits per heavy atom. The van der Waals surface area contributed by atoms with Gasteiger partial charge < -0.3 is 9.88 Å². The summed E-state index contributed by atoms with van der Waals surface area (Å²) in [6.45, 7) is 6.99. The lowest BCUT2D eigenvalue weighted by molar-refractivity contribution is -0.118. The average molecular weight is 374 g/mol. The predicted octanol–water partition coefficient (Wildman–Crippen LogP) is 2.90. The van der Waals surface area contributed by atoms with Crippen LogP contribution in [0.25, 0.3) is 0 Å². The van der Waals surface area contributed by atoms with E-state index in [4.69, 9.17) is 0 Å². The maximum Gasteiger partial charge on any atom is 0.230 e. The van der Waals surface area contributed by atoms with Gasteiger partial charge >= 0.3 is 0 Å². The fraction of sp³-hybridized carbons (Fsp3) is 0.526. The van der Waals surface area contributed by atoms with Crippen LogP contribution in [0.1, 0.15) is 44.3 Å². The van der Waals surface area contributed by atoms with Gasteiger partial charge in [0.1, 0.15) is 6.33 Å². The number of benzene rings is 1. The first kappa shape index (κ1) is 18.9. The van der Waals surface area contributed by atoms with Crippen molar-refractivity contribution in [3.8, 4) is 0 Å². The third kappa shape index (κ3) is 4.86. The number of hydrogen-bond acceptors (Lipinski definition) is 5. The minimum Gasteiger partial charge on any atom is -0.353 e. The number of likely N-dealkylation sites (tertiary alicyclic amines) is 1. The minimum atomic E-state index is 0.0356. The summed E-state index contributed by atoms with van der Waals surface area (Å²) in [5.41, 5.74) is 1.27. The summed E-state index contributed by atoms with van der Waals surface area (Å²) in [7, 11) is 0. The molecule has 0 unspecified atom stereocenters. The van der Waals surface area contributed by atoms with E-state index in [1.807, 2.05) is 10.6 Å². The van der Waals surface area contributed by atoms with Crippen molar-refractivity contribution in [1.82, 2.24) is 25.0 Å². The van der Waals surface area contributed by atoms with Crippen molar-refractivity contribution >= 4 is 17.7 Å². The second kappa shape index (κ2) is 9.19. The molecule has 0 saturated carbocycles. The molecule has 1 aromatic carbocycles. The third-order valence-electron chi connectivity index (χ3n) is 4.69. The number of hydrogen-bond donors (Lipinski definition) is 1. The summed E-state index contributed by atoms with van der Waals surface area (Å²) >= 11 is 1.43. The van der Waals surface area contributed by atoms with Gasteiger partial charge in [0.25, 0.3) is 0 Å². The van der Waals surface area contributed by atoms with Crippen molar-refractivity contribution in [3.05, 3.63) is 42.2 Å². The first-order valence-electron chi connectivity index (χ1n) is 9.23. The van der Waals surface area contributed by atoms with E-state index in [0.717, 1.165) is 18.2 Å². The standard InChI is InChI=1S/C19H27N5OS/c1-15(2)24-14-21-22-19(24)26-13-18(25)20-12-17(23-10-6-7-11-23)16-8-4-3-5-9-16/h3-5,8-9,14-15,17H,6-7,10-13H2,1-2H3,(H,20,25)/t17-/m0/s1. The van der Waals surface area contributed by atoms with Crippen LogP contribution in [0.2, 0.25) is 0 Å². The molecule has 1 aliphatic rings. The topological polar surface area (TPSA) is 63.1 Å². The Morgan fingerprint density at radius 1 is 1.23 bits per heavy atom. The van der Waals surface area contributed by atoms with Gasteiger partial charge in [-0.15, -0.1) is 10.2 Å². The molecule has 0 aliphatic carbocycles. The van der Waals surface area contributed by atoms with Crippen LogP contribution in [-0.4, -0.2) is 51.0 Å². The Kier molecular flexibility index (Phi) is 6.68. The van der Waals surface area contributed by atoms with Crippen molar-refractivity contribution in [3.63, 3.8) is 0 Å².